The van der Waals surface area contributed by atoms with Gasteiger partial charge in [-0.2, -0.15) is 0 Å². The van der Waals surface area contributed by atoms with Gasteiger partial charge in [0.1, 0.15) is 0 Å². The second-order valence-electron chi connectivity index (χ2n) is 5.62. The number of thioether (sulfide) groups is 1. The highest BCUT2D eigenvalue weighted by Gasteiger charge is 2.06. The molecule has 140 valence electrons. The Morgan fingerprint density at radius 3 is 2.67 bits per heavy atom. The average molecular weight is 383 g/mol. The Kier molecular flexibility index (Phi) is 6.27. The van der Waals surface area contributed by atoms with Gasteiger partial charge in [-0.15, -0.1) is 11.8 Å². The fourth-order valence-electron chi connectivity index (χ4n) is 2.39. The van der Waals surface area contributed by atoms with E-state index in [-0.39, 0.29) is 0 Å². The third-order valence-corrected chi connectivity index (χ3v) is 4.91. The molecule has 6 nitrogen and oxygen atoms in total. The molecule has 0 aliphatic heterocycles. The van der Waals surface area contributed by atoms with Crippen molar-refractivity contribution in [2.75, 3.05) is 25.4 Å². The standard InChI is InChI=1S/C20H21N3O3S/c1-24-18-7-6-16(11-19(18)25-2)26-23-15-5-3-4-14(10-15)13-27-20-12-22-9-8-17(20)21/h3-12,23H,13H2,1-2H3,(H2,21,22). The van der Waals surface area contributed by atoms with Crippen molar-refractivity contribution in [2.24, 2.45) is 0 Å². The lowest BCUT2D eigenvalue weighted by molar-refractivity contribution is 0.348. The molecule has 3 rings (SSSR count). The van der Waals surface area contributed by atoms with Gasteiger partial charge in [0.2, 0.25) is 0 Å². The molecule has 0 spiro atoms. The summed E-state index contributed by atoms with van der Waals surface area (Å²) in [5.74, 6) is 2.66. The highest BCUT2D eigenvalue weighted by Crippen LogP contribution is 2.31. The van der Waals surface area contributed by atoms with E-state index in [2.05, 4.69) is 16.5 Å². The van der Waals surface area contributed by atoms with Crippen LogP contribution in [0.1, 0.15) is 5.56 Å². The Morgan fingerprint density at radius 2 is 1.89 bits per heavy atom. The quantitative estimate of drug-likeness (QED) is 0.441. The summed E-state index contributed by atoms with van der Waals surface area (Å²) in [4.78, 5) is 10.7. The first-order valence-corrected chi connectivity index (χ1v) is 9.24. The Balaban J connectivity index is 1.61. The zero-order valence-electron chi connectivity index (χ0n) is 15.1. The number of nitrogens with two attached hydrogens (primary N) is 1. The van der Waals surface area contributed by atoms with Crippen LogP contribution >= 0.6 is 11.8 Å². The van der Waals surface area contributed by atoms with Gasteiger partial charge >= 0.3 is 0 Å². The van der Waals surface area contributed by atoms with Crippen molar-refractivity contribution < 1.29 is 14.3 Å². The lowest BCUT2D eigenvalue weighted by atomic mass is 10.2. The van der Waals surface area contributed by atoms with Gasteiger partial charge in [-0.05, 0) is 35.9 Å². The second kappa shape index (κ2) is 9.05. The number of ether oxygens (including phenoxy) is 2. The van der Waals surface area contributed by atoms with Crippen LogP contribution < -0.4 is 25.5 Å². The maximum absolute atomic E-state index is 5.96. The second-order valence-corrected chi connectivity index (χ2v) is 6.64. The molecule has 1 aromatic heterocycles. The van der Waals surface area contributed by atoms with E-state index in [4.69, 9.17) is 20.0 Å². The van der Waals surface area contributed by atoms with Crippen LogP contribution in [0.2, 0.25) is 0 Å². The minimum Gasteiger partial charge on any atom is -0.493 e. The summed E-state index contributed by atoms with van der Waals surface area (Å²) < 4.78 is 10.5. The van der Waals surface area contributed by atoms with Crippen molar-refractivity contribution in [1.82, 2.24) is 4.98 Å². The van der Waals surface area contributed by atoms with Gasteiger partial charge in [-0.3, -0.25) is 4.98 Å². The van der Waals surface area contributed by atoms with Crippen molar-refractivity contribution in [3.63, 3.8) is 0 Å². The summed E-state index contributed by atoms with van der Waals surface area (Å²) in [6.45, 7) is 0. The van der Waals surface area contributed by atoms with Gasteiger partial charge in [-0.25, -0.2) is 5.48 Å². The fraction of sp³-hybridized carbons (Fsp3) is 0.150. The first-order valence-electron chi connectivity index (χ1n) is 8.25. The fourth-order valence-corrected chi connectivity index (χ4v) is 3.27. The van der Waals surface area contributed by atoms with Gasteiger partial charge in [0, 0.05) is 34.8 Å². The largest absolute Gasteiger partial charge is 0.493 e. The van der Waals surface area contributed by atoms with Gasteiger partial charge in [0.15, 0.2) is 17.2 Å². The molecule has 0 amide bonds. The molecule has 2 aromatic carbocycles. The zero-order valence-corrected chi connectivity index (χ0v) is 16.0. The molecule has 0 aliphatic rings. The van der Waals surface area contributed by atoms with Gasteiger partial charge in [0.25, 0.3) is 0 Å². The Bertz CT molecular complexity index is 905. The number of hydrogen-bond donors (Lipinski definition) is 2. The predicted octanol–water partition coefficient (Wildman–Crippen LogP) is 4.38. The molecule has 0 bridgehead atoms. The van der Waals surface area contributed by atoms with E-state index in [1.54, 1.807) is 62.6 Å². The zero-order chi connectivity index (χ0) is 19.1. The van der Waals surface area contributed by atoms with Gasteiger partial charge in [-0.1, -0.05) is 12.1 Å². The minimum absolute atomic E-state index is 0.607. The van der Waals surface area contributed by atoms with Crippen LogP contribution in [0.4, 0.5) is 11.4 Å². The number of nitrogens with one attached hydrogen (secondary N) is 1. The van der Waals surface area contributed by atoms with Crippen LogP contribution in [-0.2, 0) is 5.75 Å². The number of rotatable bonds is 8. The third-order valence-electron chi connectivity index (χ3n) is 3.78. The molecule has 1 heterocycles. The van der Waals surface area contributed by atoms with Crippen molar-refractivity contribution >= 4 is 23.1 Å². The lowest BCUT2D eigenvalue weighted by Crippen LogP contribution is -2.05. The molecule has 0 aliphatic carbocycles. The number of aromatic nitrogens is 1. The summed E-state index contributed by atoms with van der Waals surface area (Å²) in [6.07, 6.45) is 3.47. The average Bonchev–Trinajstić information content (AvgIpc) is 2.71. The van der Waals surface area contributed by atoms with Crippen molar-refractivity contribution in [1.29, 1.82) is 0 Å². The summed E-state index contributed by atoms with van der Waals surface area (Å²) in [6, 6.07) is 15.2. The van der Waals surface area contributed by atoms with E-state index in [0.717, 1.165) is 27.6 Å². The Labute approximate surface area is 162 Å². The van der Waals surface area contributed by atoms with E-state index in [1.165, 1.54) is 0 Å². The molecule has 27 heavy (non-hydrogen) atoms. The topological polar surface area (TPSA) is 78.6 Å². The van der Waals surface area contributed by atoms with Crippen LogP contribution in [-0.4, -0.2) is 19.2 Å². The summed E-state index contributed by atoms with van der Waals surface area (Å²) >= 11 is 1.65. The Hall–Kier alpha value is -3.06. The van der Waals surface area contributed by atoms with Gasteiger partial charge in [0.05, 0.1) is 19.9 Å². The van der Waals surface area contributed by atoms with E-state index in [9.17, 15) is 0 Å². The van der Waals surface area contributed by atoms with Crippen LogP contribution in [0.15, 0.2) is 65.8 Å². The van der Waals surface area contributed by atoms with E-state index >= 15 is 0 Å². The van der Waals surface area contributed by atoms with Crippen molar-refractivity contribution in [3.05, 3.63) is 66.5 Å². The first-order chi connectivity index (χ1) is 13.2. The summed E-state index contributed by atoms with van der Waals surface area (Å²) in [5, 5.41) is 0. The number of pyridine rings is 1. The molecule has 0 saturated carbocycles. The summed E-state index contributed by atoms with van der Waals surface area (Å²) in [7, 11) is 3.19. The molecule has 3 aromatic rings. The smallest absolute Gasteiger partial charge is 0.164 e. The normalized spacial score (nSPS) is 10.3. The third kappa shape index (κ3) is 4.98. The number of methoxy groups -OCH3 is 2. The molecule has 0 saturated heterocycles. The van der Waals surface area contributed by atoms with Crippen LogP contribution in [0, 0.1) is 0 Å². The van der Waals surface area contributed by atoms with Crippen LogP contribution in [0.25, 0.3) is 0 Å². The summed E-state index contributed by atoms with van der Waals surface area (Å²) in [5.41, 5.74) is 11.6. The molecular formula is C20H21N3O3S. The first kappa shape index (κ1) is 18.7. The van der Waals surface area contributed by atoms with E-state index in [0.29, 0.717) is 17.2 Å². The maximum atomic E-state index is 5.96. The lowest BCUT2D eigenvalue weighted by Gasteiger charge is -2.12. The molecule has 0 atom stereocenters. The minimum atomic E-state index is 0.607. The number of hydrogen-bond acceptors (Lipinski definition) is 7. The number of anilines is 2. The number of nitrogens with zero attached hydrogens (tertiary/aromatic N) is 1. The predicted molar refractivity (Wildman–Crippen MR) is 108 cm³/mol. The van der Waals surface area contributed by atoms with Gasteiger partial charge < -0.3 is 20.0 Å². The monoisotopic (exact) mass is 383 g/mol. The highest BCUT2D eigenvalue weighted by molar-refractivity contribution is 7.98. The Morgan fingerprint density at radius 1 is 1.04 bits per heavy atom. The molecule has 3 N–H and O–H groups in total. The molecule has 0 fully saturated rings. The SMILES string of the molecule is COc1ccc(ONc2cccc(CSc3cnccc3N)c2)cc1OC. The highest BCUT2D eigenvalue weighted by atomic mass is 32.2. The van der Waals surface area contributed by atoms with Crippen LogP contribution in [0.5, 0.6) is 17.2 Å². The van der Waals surface area contributed by atoms with E-state index < -0.39 is 0 Å². The van der Waals surface area contributed by atoms with Crippen LogP contribution in [0.3, 0.4) is 0 Å². The van der Waals surface area contributed by atoms with Crippen molar-refractivity contribution in [2.45, 2.75) is 10.6 Å². The molecule has 0 unspecified atom stereocenters. The van der Waals surface area contributed by atoms with Crippen molar-refractivity contribution in [3.8, 4) is 17.2 Å². The number of benzene rings is 2. The molecular weight excluding hydrogens is 362 g/mol. The maximum Gasteiger partial charge on any atom is 0.164 e. The molecule has 7 heteroatoms. The number of nitrogen functional groups attached to an aromatic ring is 1. The molecule has 0 radical (unpaired) electrons. The van der Waals surface area contributed by atoms with E-state index in [1.807, 2.05) is 18.2 Å².